The summed E-state index contributed by atoms with van der Waals surface area (Å²) in [6.07, 6.45) is -4.75. The van der Waals surface area contributed by atoms with Gasteiger partial charge in [0.05, 0.1) is 6.61 Å². The highest BCUT2D eigenvalue weighted by Crippen LogP contribution is 2.29. The fourth-order valence-electron chi connectivity index (χ4n) is 2.49. The van der Waals surface area contributed by atoms with Gasteiger partial charge < -0.3 is 34.9 Å². The fraction of sp³-hybridized carbons (Fsp3) is 0.429. The topological polar surface area (TPSA) is 115 Å². The molecule has 1 aliphatic rings. The number of hydrogen-bond acceptors (Lipinski definition) is 6. The van der Waals surface area contributed by atoms with Crippen molar-refractivity contribution in [3.05, 3.63) is 30.5 Å². The number of para-hydroxylation sites is 1. The Morgan fingerprint density at radius 2 is 1.90 bits per heavy atom. The van der Waals surface area contributed by atoms with E-state index in [0.717, 1.165) is 10.9 Å². The van der Waals surface area contributed by atoms with Crippen molar-refractivity contribution in [2.24, 2.45) is 0 Å². The second-order valence-corrected chi connectivity index (χ2v) is 5.01. The third-order valence-electron chi connectivity index (χ3n) is 3.66. The summed E-state index contributed by atoms with van der Waals surface area (Å²) in [5, 5.41) is 39.6. The summed E-state index contributed by atoms with van der Waals surface area (Å²) >= 11 is 0. The van der Waals surface area contributed by atoms with E-state index >= 15 is 0 Å². The number of nitrogens with one attached hydrogen (secondary N) is 1. The number of ether oxygens (including phenoxy) is 2. The smallest absolute Gasteiger partial charge is 0.195 e. The monoisotopic (exact) mass is 295 g/mol. The second-order valence-electron chi connectivity index (χ2n) is 5.01. The van der Waals surface area contributed by atoms with Gasteiger partial charge in [-0.15, -0.1) is 0 Å². The first-order chi connectivity index (χ1) is 10.1. The molecule has 0 spiro atoms. The summed E-state index contributed by atoms with van der Waals surface area (Å²) < 4.78 is 10.7. The molecule has 0 radical (unpaired) electrons. The van der Waals surface area contributed by atoms with Crippen LogP contribution in [-0.2, 0) is 4.74 Å². The van der Waals surface area contributed by atoms with Gasteiger partial charge in [-0.3, -0.25) is 0 Å². The normalized spacial score (nSPS) is 33.2. The lowest BCUT2D eigenvalue weighted by atomic mass is 9.99. The molecule has 7 heteroatoms. The van der Waals surface area contributed by atoms with Gasteiger partial charge in [-0.05, 0) is 12.1 Å². The SMILES string of the molecule is OC[C@H]1O[C@@H](O)[C@H](Oc2c[nH]c3ccccc23)[C@@H](O)[C@H]1O. The van der Waals surface area contributed by atoms with E-state index < -0.39 is 37.3 Å². The van der Waals surface area contributed by atoms with Crippen molar-refractivity contribution in [2.45, 2.75) is 30.7 Å². The predicted octanol–water partition coefficient (Wildman–Crippen LogP) is -0.653. The Hall–Kier alpha value is -1.64. The van der Waals surface area contributed by atoms with Crippen LogP contribution < -0.4 is 4.74 Å². The highest BCUT2D eigenvalue weighted by atomic mass is 16.7. The molecular formula is C14H17NO6. The van der Waals surface area contributed by atoms with E-state index in [4.69, 9.17) is 14.6 Å². The molecule has 5 N–H and O–H groups in total. The lowest BCUT2D eigenvalue weighted by Crippen LogP contribution is -2.60. The Labute approximate surface area is 120 Å². The lowest BCUT2D eigenvalue weighted by Gasteiger charge is -2.39. The van der Waals surface area contributed by atoms with Gasteiger partial charge in [0.15, 0.2) is 12.4 Å². The number of benzene rings is 1. The summed E-state index contributed by atoms with van der Waals surface area (Å²) in [5.41, 5.74) is 0.849. The molecule has 114 valence electrons. The van der Waals surface area contributed by atoms with Crippen molar-refractivity contribution in [3.8, 4) is 5.75 Å². The Morgan fingerprint density at radius 1 is 1.14 bits per heavy atom. The molecule has 3 rings (SSSR count). The molecule has 0 unspecified atom stereocenters. The van der Waals surface area contributed by atoms with E-state index in [1.807, 2.05) is 24.3 Å². The minimum absolute atomic E-state index is 0.437. The van der Waals surface area contributed by atoms with Crippen molar-refractivity contribution in [3.63, 3.8) is 0 Å². The number of aromatic nitrogens is 1. The zero-order valence-corrected chi connectivity index (χ0v) is 11.1. The van der Waals surface area contributed by atoms with Crippen molar-refractivity contribution >= 4 is 10.9 Å². The summed E-state index contributed by atoms with van der Waals surface area (Å²) in [5.74, 6) is 0.437. The average molecular weight is 295 g/mol. The van der Waals surface area contributed by atoms with E-state index in [2.05, 4.69) is 4.98 Å². The quantitative estimate of drug-likeness (QED) is 0.514. The molecule has 1 aromatic carbocycles. The maximum atomic E-state index is 10.0. The molecule has 21 heavy (non-hydrogen) atoms. The Balaban J connectivity index is 1.83. The first-order valence-electron chi connectivity index (χ1n) is 6.65. The molecule has 7 nitrogen and oxygen atoms in total. The van der Waals surface area contributed by atoms with Crippen molar-refractivity contribution < 1.29 is 29.9 Å². The van der Waals surface area contributed by atoms with Crippen LogP contribution in [0.15, 0.2) is 30.5 Å². The number of aliphatic hydroxyl groups excluding tert-OH is 4. The van der Waals surface area contributed by atoms with Crippen LogP contribution in [0.1, 0.15) is 0 Å². The number of fused-ring (bicyclic) bond motifs is 1. The van der Waals surface area contributed by atoms with Crippen molar-refractivity contribution in [1.82, 2.24) is 4.98 Å². The molecule has 2 aromatic rings. The highest BCUT2D eigenvalue weighted by Gasteiger charge is 2.45. The summed E-state index contributed by atoms with van der Waals surface area (Å²) in [6, 6.07) is 7.40. The van der Waals surface area contributed by atoms with Gasteiger partial charge in [-0.1, -0.05) is 12.1 Å². The van der Waals surface area contributed by atoms with Crippen LogP contribution in [0.3, 0.4) is 0 Å². The van der Waals surface area contributed by atoms with Gasteiger partial charge in [0.25, 0.3) is 0 Å². The van der Waals surface area contributed by atoms with E-state index in [0.29, 0.717) is 5.75 Å². The standard InChI is InChI=1S/C14H17NO6/c16-6-10-11(17)12(18)13(14(19)21-10)20-9-5-15-8-4-2-1-3-7(8)9/h1-5,10-19H,6H2/t10-,11+,12+,13-,14-/m1/s1. The molecule has 0 aliphatic carbocycles. The van der Waals surface area contributed by atoms with E-state index in [9.17, 15) is 15.3 Å². The zero-order chi connectivity index (χ0) is 15.0. The summed E-state index contributed by atoms with van der Waals surface area (Å²) in [4.78, 5) is 3.01. The van der Waals surface area contributed by atoms with E-state index in [1.54, 1.807) is 6.20 Å². The number of rotatable bonds is 3. The first-order valence-corrected chi connectivity index (χ1v) is 6.65. The molecule has 0 bridgehead atoms. The van der Waals surface area contributed by atoms with Crippen LogP contribution in [-0.4, -0.2) is 62.7 Å². The average Bonchev–Trinajstić information content (AvgIpc) is 2.90. The molecule has 5 atom stereocenters. The van der Waals surface area contributed by atoms with Crippen molar-refractivity contribution in [2.75, 3.05) is 6.61 Å². The third-order valence-corrected chi connectivity index (χ3v) is 3.66. The molecule has 2 heterocycles. The molecular weight excluding hydrogens is 278 g/mol. The minimum Gasteiger partial charge on any atom is -0.480 e. The van der Waals surface area contributed by atoms with Crippen LogP contribution >= 0.6 is 0 Å². The van der Waals surface area contributed by atoms with Gasteiger partial charge in [0.1, 0.15) is 24.1 Å². The van der Waals surface area contributed by atoms with E-state index in [1.165, 1.54) is 0 Å². The highest BCUT2D eigenvalue weighted by molar-refractivity contribution is 5.85. The zero-order valence-electron chi connectivity index (χ0n) is 11.1. The number of H-pyrrole nitrogens is 1. The fourth-order valence-corrected chi connectivity index (χ4v) is 2.49. The Bertz CT molecular complexity index is 614. The Kier molecular flexibility index (Phi) is 3.83. The second kappa shape index (κ2) is 5.63. The largest absolute Gasteiger partial charge is 0.480 e. The number of aromatic amines is 1. The molecule has 1 aromatic heterocycles. The Morgan fingerprint density at radius 3 is 2.67 bits per heavy atom. The molecule has 1 fully saturated rings. The van der Waals surface area contributed by atoms with Crippen LogP contribution in [0, 0.1) is 0 Å². The minimum atomic E-state index is -1.45. The summed E-state index contributed by atoms with van der Waals surface area (Å²) in [6.45, 7) is -0.505. The maximum absolute atomic E-state index is 10.0. The van der Waals surface area contributed by atoms with Crippen LogP contribution in [0.5, 0.6) is 5.75 Å². The molecule has 0 saturated carbocycles. The molecule has 1 aliphatic heterocycles. The molecule has 0 amide bonds. The van der Waals surface area contributed by atoms with Gasteiger partial charge >= 0.3 is 0 Å². The number of hydrogen-bond donors (Lipinski definition) is 5. The van der Waals surface area contributed by atoms with Gasteiger partial charge in [0.2, 0.25) is 0 Å². The number of aliphatic hydroxyl groups is 4. The van der Waals surface area contributed by atoms with Gasteiger partial charge in [-0.25, -0.2) is 0 Å². The van der Waals surface area contributed by atoms with Gasteiger partial charge in [-0.2, -0.15) is 0 Å². The van der Waals surface area contributed by atoms with Crippen LogP contribution in [0.4, 0.5) is 0 Å². The van der Waals surface area contributed by atoms with Crippen LogP contribution in [0.2, 0.25) is 0 Å². The van der Waals surface area contributed by atoms with Crippen LogP contribution in [0.25, 0.3) is 10.9 Å². The maximum Gasteiger partial charge on any atom is 0.195 e. The van der Waals surface area contributed by atoms with Gasteiger partial charge in [0, 0.05) is 17.1 Å². The lowest BCUT2D eigenvalue weighted by molar-refractivity contribution is -0.280. The van der Waals surface area contributed by atoms with Crippen molar-refractivity contribution in [1.29, 1.82) is 0 Å². The summed E-state index contributed by atoms with van der Waals surface area (Å²) in [7, 11) is 0. The molecule has 1 saturated heterocycles. The first kappa shape index (κ1) is 14.3. The predicted molar refractivity (Wildman–Crippen MR) is 72.7 cm³/mol. The third kappa shape index (κ3) is 2.50. The van der Waals surface area contributed by atoms with E-state index in [-0.39, 0.29) is 0 Å².